The lowest BCUT2D eigenvalue weighted by Crippen LogP contribution is -2.36. The Hall–Kier alpha value is -0.120. The average molecular weight is 131 g/mol. The molecule has 3 nitrogen and oxygen atoms in total. The first-order valence-electron chi connectivity index (χ1n) is 3.27. The van der Waals surface area contributed by atoms with E-state index in [1.165, 1.54) is 0 Å². The molecule has 1 fully saturated rings. The van der Waals surface area contributed by atoms with E-state index in [0.717, 1.165) is 19.6 Å². The second-order valence-corrected chi connectivity index (χ2v) is 2.58. The van der Waals surface area contributed by atoms with Crippen LogP contribution < -0.4 is 5.73 Å². The van der Waals surface area contributed by atoms with E-state index in [4.69, 9.17) is 15.6 Å². The molecule has 1 rings (SSSR count). The third kappa shape index (κ3) is 1.93. The maximum Gasteiger partial charge on any atom is 0.0582 e. The van der Waals surface area contributed by atoms with Crippen LogP contribution in [0.1, 0.15) is 6.42 Å². The summed E-state index contributed by atoms with van der Waals surface area (Å²) < 4.78 is 4.94. The first kappa shape index (κ1) is 6.99. The van der Waals surface area contributed by atoms with Crippen LogP contribution in [-0.4, -0.2) is 31.0 Å². The molecular formula is C6H13NO2. The van der Waals surface area contributed by atoms with Crippen molar-refractivity contribution in [2.24, 2.45) is 11.7 Å². The lowest BCUT2D eigenvalue weighted by Gasteiger charge is -2.27. The van der Waals surface area contributed by atoms with Crippen molar-refractivity contribution in [1.29, 1.82) is 0 Å². The Morgan fingerprint density at radius 1 is 1.67 bits per heavy atom. The molecule has 54 valence electrons. The Labute approximate surface area is 54.8 Å². The molecule has 3 heteroatoms. The molecule has 0 saturated carbocycles. The first-order chi connectivity index (χ1) is 4.33. The second-order valence-electron chi connectivity index (χ2n) is 2.58. The van der Waals surface area contributed by atoms with Gasteiger partial charge >= 0.3 is 0 Å². The Balaban J connectivity index is 2.01. The van der Waals surface area contributed by atoms with Crippen molar-refractivity contribution in [3.63, 3.8) is 0 Å². The van der Waals surface area contributed by atoms with Crippen LogP contribution in [0.15, 0.2) is 0 Å². The van der Waals surface area contributed by atoms with Gasteiger partial charge in [0.1, 0.15) is 0 Å². The molecule has 0 aliphatic carbocycles. The van der Waals surface area contributed by atoms with E-state index in [9.17, 15) is 0 Å². The predicted molar refractivity (Wildman–Crippen MR) is 34.0 cm³/mol. The van der Waals surface area contributed by atoms with Gasteiger partial charge in [-0.05, 0) is 6.42 Å². The Morgan fingerprint density at radius 2 is 2.33 bits per heavy atom. The van der Waals surface area contributed by atoms with Crippen LogP contribution in [0.3, 0.4) is 0 Å². The van der Waals surface area contributed by atoms with Gasteiger partial charge in [-0.2, -0.15) is 0 Å². The zero-order chi connectivity index (χ0) is 6.69. The van der Waals surface area contributed by atoms with Crippen LogP contribution in [0.25, 0.3) is 0 Å². The highest BCUT2D eigenvalue weighted by Crippen LogP contribution is 2.14. The van der Waals surface area contributed by atoms with Crippen LogP contribution in [0.4, 0.5) is 0 Å². The fraction of sp³-hybridized carbons (Fsp3) is 1.00. The van der Waals surface area contributed by atoms with E-state index < -0.39 is 0 Å². The van der Waals surface area contributed by atoms with Gasteiger partial charge in [-0.15, -0.1) is 0 Å². The van der Waals surface area contributed by atoms with E-state index in [0.29, 0.717) is 5.92 Å². The zero-order valence-electron chi connectivity index (χ0n) is 5.42. The molecule has 0 spiro atoms. The van der Waals surface area contributed by atoms with Crippen LogP contribution in [0.2, 0.25) is 0 Å². The molecule has 1 unspecified atom stereocenters. The van der Waals surface area contributed by atoms with E-state index in [1.807, 2.05) is 0 Å². The molecule has 1 heterocycles. The van der Waals surface area contributed by atoms with Crippen molar-refractivity contribution in [3.05, 3.63) is 0 Å². The number of hydrogen-bond acceptors (Lipinski definition) is 3. The minimum absolute atomic E-state index is 0.0427. The molecule has 0 bridgehead atoms. The van der Waals surface area contributed by atoms with Crippen LogP contribution in [0.5, 0.6) is 0 Å². The quantitative estimate of drug-likeness (QED) is 0.534. The highest BCUT2D eigenvalue weighted by atomic mass is 16.5. The molecule has 9 heavy (non-hydrogen) atoms. The average Bonchev–Trinajstić information content (AvgIpc) is 1.78. The maximum absolute atomic E-state index is 8.54. The fourth-order valence-corrected chi connectivity index (χ4v) is 0.923. The third-order valence-electron chi connectivity index (χ3n) is 1.58. The summed E-state index contributed by atoms with van der Waals surface area (Å²) in [6.45, 7) is 1.75. The van der Waals surface area contributed by atoms with E-state index in [2.05, 4.69) is 0 Å². The Bertz CT molecular complexity index is 80.4. The van der Waals surface area contributed by atoms with Gasteiger partial charge in [-0.1, -0.05) is 0 Å². The van der Waals surface area contributed by atoms with E-state index >= 15 is 0 Å². The third-order valence-corrected chi connectivity index (χ3v) is 1.58. The van der Waals surface area contributed by atoms with Crippen LogP contribution in [-0.2, 0) is 4.74 Å². The highest BCUT2D eigenvalue weighted by molar-refractivity contribution is 4.71. The van der Waals surface area contributed by atoms with Crippen LogP contribution in [0, 0.1) is 5.92 Å². The summed E-state index contributed by atoms with van der Waals surface area (Å²) >= 11 is 0. The van der Waals surface area contributed by atoms with Gasteiger partial charge in [0.05, 0.1) is 19.8 Å². The lowest BCUT2D eigenvalue weighted by molar-refractivity contribution is -0.0400. The number of rotatable bonds is 3. The molecule has 1 aliphatic rings. The molecule has 0 aromatic carbocycles. The zero-order valence-corrected chi connectivity index (χ0v) is 5.42. The molecule has 0 aromatic rings. The van der Waals surface area contributed by atoms with Crippen molar-refractivity contribution in [1.82, 2.24) is 0 Å². The van der Waals surface area contributed by atoms with Crippen molar-refractivity contribution < 1.29 is 9.84 Å². The smallest absolute Gasteiger partial charge is 0.0582 e. The van der Waals surface area contributed by atoms with E-state index in [-0.39, 0.29) is 12.6 Å². The van der Waals surface area contributed by atoms with Crippen molar-refractivity contribution in [2.75, 3.05) is 19.8 Å². The monoisotopic (exact) mass is 131 g/mol. The Kier molecular flexibility index (Phi) is 2.45. The number of aliphatic hydroxyl groups is 1. The number of aliphatic hydroxyl groups excluding tert-OH is 1. The number of ether oxygens (including phenoxy) is 1. The van der Waals surface area contributed by atoms with Gasteiger partial charge in [0.25, 0.3) is 0 Å². The molecule has 0 amide bonds. The topological polar surface area (TPSA) is 55.5 Å². The predicted octanol–water partition coefficient (Wildman–Crippen LogP) is -0.658. The summed E-state index contributed by atoms with van der Waals surface area (Å²) in [7, 11) is 0. The summed E-state index contributed by atoms with van der Waals surface area (Å²) in [5.41, 5.74) is 5.48. The first-order valence-corrected chi connectivity index (χ1v) is 3.27. The number of hydrogen-bond donors (Lipinski definition) is 2. The molecule has 1 aliphatic heterocycles. The van der Waals surface area contributed by atoms with E-state index in [1.54, 1.807) is 0 Å². The summed E-state index contributed by atoms with van der Waals surface area (Å²) in [6, 6.07) is -0.0427. The number of nitrogens with two attached hydrogens (primary N) is 1. The lowest BCUT2D eigenvalue weighted by atomic mass is 9.99. The van der Waals surface area contributed by atoms with Crippen molar-refractivity contribution in [2.45, 2.75) is 12.5 Å². The maximum atomic E-state index is 8.54. The normalized spacial score (nSPS) is 23.3. The molecule has 1 atom stereocenters. The standard InChI is InChI=1S/C6H13NO2/c7-6(2-8)1-5-3-9-4-5/h5-6,8H,1-4,7H2. The van der Waals surface area contributed by atoms with Gasteiger partial charge in [-0.25, -0.2) is 0 Å². The highest BCUT2D eigenvalue weighted by Gasteiger charge is 2.20. The minimum Gasteiger partial charge on any atom is -0.395 e. The SMILES string of the molecule is NC(CO)CC1COC1. The van der Waals surface area contributed by atoms with Crippen molar-refractivity contribution >= 4 is 0 Å². The van der Waals surface area contributed by atoms with Crippen LogP contribution >= 0.6 is 0 Å². The molecule has 0 radical (unpaired) electrons. The van der Waals surface area contributed by atoms with Gasteiger partial charge in [0, 0.05) is 12.0 Å². The van der Waals surface area contributed by atoms with Gasteiger partial charge in [-0.3, -0.25) is 0 Å². The molecule has 0 aromatic heterocycles. The summed E-state index contributed by atoms with van der Waals surface area (Å²) in [5, 5.41) is 8.54. The van der Waals surface area contributed by atoms with Gasteiger partial charge in [0.2, 0.25) is 0 Å². The summed E-state index contributed by atoms with van der Waals surface area (Å²) in [6.07, 6.45) is 0.899. The van der Waals surface area contributed by atoms with Gasteiger partial charge in [0.15, 0.2) is 0 Å². The summed E-state index contributed by atoms with van der Waals surface area (Å²) in [5.74, 6) is 0.604. The largest absolute Gasteiger partial charge is 0.395 e. The van der Waals surface area contributed by atoms with Crippen molar-refractivity contribution in [3.8, 4) is 0 Å². The Morgan fingerprint density at radius 3 is 2.67 bits per heavy atom. The molecule has 1 saturated heterocycles. The molecule has 3 N–H and O–H groups in total. The second kappa shape index (κ2) is 3.15. The fourth-order valence-electron chi connectivity index (χ4n) is 0.923. The minimum atomic E-state index is -0.0427. The summed E-state index contributed by atoms with van der Waals surface area (Å²) in [4.78, 5) is 0. The molecular weight excluding hydrogens is 118 g/mol. The van der Waals surface area contributed by atoms with Gasteiger partial charge < -0.3 is 15.6 Å².